The molecule has 3 aromatic rings. The summed E-state index contributed by atoms with van der Waals surface area (Å²) in [6, 6.07) is 16.5. The zero-order valence-corrected chi connectivity index (χ0v) is 14.9. The Kier molecular flexibility index (Phi) is 4.46. The highest BCUT2D eigenvalue weighted by Crippen LogP contribution is 2.22. The van der Waals surface area contributed by atoms with Gasteiger partial charge < -0.3 is 15.1 Å². The van der Waals surface area contributed by atoms with Crippen LogP contribution in [0.15, 0.2) is 59.0 Å². The molecule has 0 radical (unpaired) electrons. The quantitative estimate of drug-likeness (QED) is 0.724. The predicted octanol–water partition coefficient (Wildman–Crippen LogP) is 3.79. The van der Waals surface area contributed by atoms with Gasteiger partial charge in [0.05, 0.1) is 0 Å². The van der Waals surface area contributed by atoms with Gasteiger partial charge >= 0.3 is 0 Å². The Morgan fingerprint density at radius 2 is 1.70 bits per heavy atom. The second-order valence-electron chi connectivity index (χ2n) is 6.57. The van der Waals surface area contributed by atoms with E-state index in [-0.39, 0.29) is 17.5 Å². The fourth-order valence-electron chi connectivity index (χ4n) is 2.70. The summed E-state index contributed by atoms with van der Waals surface area (Å²) >= 11 is 0. The molecule has 0 unspecified atom stereocenters. The fourth-order valence-corrected chi connectivity index (χ4v) is 2.70. The van der Waals surface area contributed by atoms with Crippen molar-refractivity contribution in [2.24, 2.45) is 0 Å². The van der Waals surface area contributed by atoms with Crippen molar-refractivity contribution in [3.63, 3.8) is 0 Å². The van der Waals surface area contributed by atoms with E-state index in [0.717, 1.165) is 18.4 Å². The molecule has 0 atom stereocenters. The topological polar surface area (TPSA) is 84.2 Å². The van der Waals surface area contributed by atoms with Crippen LogP contribution in [0.25, 0.3) is 11.5 Å². The summed E-state index contributed by atoms with van der Waals surface area (Å²) in [5, 5.41) is 5.72. The highest BCUT2D eigenvalue weighted by molar-refractivity contribution is 6.04. The molecule has 2 aromatic carbocycles. The molecule has 1 aliphatic rings. The lowest BCUT2D eigenvalue weighted by Gasteiger charge is -2.06. The number of aryl methyl sites for hydroxylation is 1. The van der Waals surface area contributed by atoms with Crippen LogP contribution < -0.4 is 10.6 Å². The third kappa shape index (κ3) is 3.89. The maximum Gasteiger partial charge on any atom is 0.277 e. The van der Waals surface area contributed by atoms with Gasteiger partial charge in [0.15, 0.2) is 5.69 Å². The zero-order valence-electron chi connectivity index (χ0n) is 14.9. The van der Waals surface area contributed by atoms with Crippen LogP contribution in [-0.2, 0) is 0 Å². The normalized spacial score (nSPS) is 13.2. The average Bonchev–Trinajstić information content (AvgIpc) is 3.41. The van der Waals surface area contributed by atoms with E-state index in [1.165, 1.54) is 0 Å². The van der Waals surface area contributed by atoms with E-state index in [1.54, 1.807) is 31.2 Å². The summed E-state index contributed by atoms with van der Waals surface area (Å²) in [5.74, 6) is 0.418. The number of rotatable bonds is 5. The highest BCUT2D eigenvalue weighted by Gasteiger charge is 2.24. The Hall–Kier alpha value is -3.41. The van der Waals surface area contributed by atoms with Gasteiger partial charge in [0.25, 0.3) is 11.8 Å². The van der Waals surface area contributed by atoms with Crippen molar-refractivity contribution in [3.8, 4) is 11.5 Å². The van der Waals surface area contributed by atoms with Crippen molar-refractivity contribution in [2.75, 3.05) is 5.32 Å². The fraction of sp³-hybridized carbons (Fsp3) is 0.190. The van der Waals surface area contributed by atoms with E-state index in [1.807, 2.05) is 30.3 Å². The van der Waals surface area contributed by atoms with Gasteiger partial charge in [-0.1, -0.05) is 18.2 Å². The van der Waals surface area contributed by atoms with E-state index in [0.29, 0.717) is 28.9 Å². The second-order valence-corrected chi connectivity index (χ2v) is 6.57. The van der Waals surface area contributed by atoms with Crippen LogP contribution in [0.3, 0.4) is 0 Å². The van der Waals surface area contributed by atoms with Crippen molar-refractivity contribution in [3.05, 3.63) is 71.6 Å². The van der Waals surface area contributed by atoms with E-state index >= 15 is 0 Å². The number of anilines is 1. The maximum absolute atomic E-state index is 12.5. The molecule has 0 saturated heterocycles. The van der Waals surface area contributed by atoms with Crippen LogP contribution in [0.1, 0.15) is 39.4 Å². The van der Waals surface area contributed by atoms with Crippen LogP contribution in [0, 0.1) is 6.92 Å². The average molecular weight is 361 g/mol. The van der Waals surface area contributed by atoms with Gasteiger partial charge in [0.2, 0.25) is 5.89 Å². The van der Waals surface area contributed by atoms with E-state index < -0.39 is 0 Å². The number of oxazole rings is 1. The number of hydrogen-bond acceptors (Lipinski definition) is 4. The first-order valence-corrected chi connectivity index (χ1v) is 8.85. The van der Waals surface area contributed by atoms with Crippen LogP contribution in [0.4, 0.5) is 5.69 Å². The Labute approximate surface area is 156 Å². The van der Waals surface area contributed by atoms with Crippen LogP contribution >= 0.6 is 0 Å². The molecule has 6 heteroatoms. The minimum absolute atomic E-state index is 0.0878. The largest absolute Gasteiger partial charge is 0.441 e. The highest BCUT2D eigenvalue weighted by atomic mass is 16.4. The van der Waals surface area contributed by atoms with Crippen molar-refractivity contribution in [2.45, 2.75) is 25.8 Å². The molecule has 6 nitrogen and oxygen atoms in total. The first-order valence-electron chi connectivity index (χ1n) is 8.85. The lowest BCUT2D eigenvalue weighted by atomic mass is 10.2. The number of nitrogens with one attached hydrogen (secondary N) is 2. The van der Waals surface area contributed by atoms with Crippen molar-refractivity contribution < 1.29 is 14.0 Å². The first-order chi connectivity index (χ1) is 13.1. The Morgan fingerprint density at radius 1 is 1.00 bits per heavy atom. The van der Waals surface area contributed by atoms with Crippen LogP contribution in [0.2, 0.25) is 0 Å². The second kappa shape index (κ2) is 7.07. The van der Waals surface area contributed by atoms with Crippen LogP contribution in [-0.4, -0.2) is 22.8 Å². The number of carbonyl (C=O) groups excluding carboxylic acids is 2. The van der Waals surface area contributed by atoms with Gasteiger partial charge in [-0.3, -0.25) is 9.59 Å². The maximum atomic E-state index is 12.5. The van der Waals surface area contributed by atoms with Gasteiger partial charge in [0, 0.05) is 22.9 Å². The van der Waals surface area contributed by atoms with Crippen LogP contribution in [0.5, 0.6) is 0 Å². The summed E-state index contributed by atoms with van der Waals surface area (Å²) < 4.78 is 5.63. The minimum Gasteiger partial charge on any atom is -0.441 e. The van der Waals surface area contributed by atoms with Crippen molar-refractivity contribution >= 4 is 17.5 Å². The number of carbonyl (C=O) groups is 2. The smallest absolute Gasteiger partial charge is 0.277 e. The van der Waals surface area contributed by atoms with E-state index in [9.17, 15) is 9.59 Å². The molecule has 1 aromatic heterocycles. The molecule has 1 heterocycles. The number of benzene rings is 2. The number of nitrogens with zero attached hydrogens (tertiary/aromatic N) is 1. The summed E-state index contributed by atoms with van der Waals surface area (Å²) in [6.45, 7) is 1.71. The van der Waals surface area contributed by atoms with Gasteiger partial charge in [-0.2, -0.15) is 0 Å². The van der Waals surface area contributed by atoms with E-state index in [4.69, 9.17) is 4.42 Å². The SMILES string of the molecule is Cc1oc(-c2ccccc2)nc1C(=O)Nc1ccc(C(=O)NC2CC2)cc1. The molecule has 0 spiro atoms. The summed E-state index contributed by atoms with van der Waals surface area (Å²) in [5.41, 5.74) is 2.21. The van der Waals surface area contributed by atoms with Gasteiger partial charge in [-0.15, -0.1) is 0 Å². The Morgan fingerprint density at radius 3 is 2.37 bits per heavy atom. The molecule has 2 N–H and O–H groups in total. The molecule has 1 aliphatic carbocycles. The third-order valence-electron chi connectivity index (χ3n) is 4.35. The minimum atomic E-state index is -0.353. The molecule has 0 bridgehead atoms. The predicted molar refractivity (Wildman–Crippen MR) is 102 cm³/mol. The standard InChI is InChI=1S/C21H19N3O3/c1-13-18(24-21(27-13)15-5-3-2-4-6-15)20(26)23-16-9-7-14(8-10-16)19(25)22-17-11-12-17/h2-10,17H,11-12H2,1H3,(H,22,25)(H,23,26). The number of aromatic nitrogens is 1. The zero-order chi connectivity index (χ0) is 18.8. The van der Waals surface area contributed by atoms with E-state index in [2.05, 4.69) is 15.6 Å². The lowest BCUT2D eigenvalue weighted by molar-refractivity contribution is 0.0950. The molecule has 136 valence electrons. The Bertz CT molecular complexity index is 974. The molecule has 0 aliphatic heterocycles. The third-order valence-corrected chi connectivity index (χ3v) is 4.35. The Balaban J connectivity index is 1.46. The summed E-state index contributed by atoms with van der Waals surface area (Å²) in [7, 11) is 0. The lowest BCUT2D eigenvalue weighted by Crippen LogP contribution is -2.25. The van der Waals surface area contributed by atoms with Crippen molar-refractivity contribution in [1.82, 2.24) is 10.3 Å². The molecule has 1 saturated carbocycles. The molecule has 27 heavy (non-hydrogen) atoms. The molecule has 4 rings (SSSR count). The molecule has 2 amide bonds. The van der Waals surface area contributed by atoms with Gasteiger partial charge in [0.1, 0.15) is 5.76 Å². The first kappa shape index (κ1) is 17.0. The number of hydrogen-bond donors (Lipinski definition) is 2. The van der Waals surface area contributed by atoms with Crippen molar-refractivity contribution in [1.29, 1.82) is 0 Å². The summed E-state index contributed by atoms with van der Waals surface area (Å²) in [4.78, 5) is 28.9. The molecular formula is C21H19N3O3. The summed E-state index contributed by atoms with van der Waals surface area (Å²) in [6.07, 6.45) is 2.09. The number of amides is 2. The molecule has 1 fully saturated rings. The van der Waals surface area contributed by atoms with Gasteiger partial charge in [-0.05, 0) is 56.2 Å². The monoisotopic (exact) mass is 361 g/mol. The van der Waals surface area contributed by atoms with Gasteiger partial charge in [-0.25, -0.2) is 4.98 Å². The molecular weight excluding hydrogens is 342 g/mol.